The van der Waals surface area contributed by atoms with E-state index in [-0.39, 0.29) is 5.25 Å². The summed E-state index contributed by atoms with van der Waals surface area (Å²) in [6.07, 6.45) is 3.63. The van der Waals surface area contributed by atoms with Crippen LogP contribution in [0.2, 0.25) is 0 Å². The van der Waals surface area contributed by atoms with Gasteiger partial charge in [-0.15, -0.1) is 11.6 Å². The van der Waals surface area contributed by atoms with Gasteiger partial charge in [0.2, 0.25) is 0 Å². The molecule has 0 bridgehead atoms. The zero-order chi connectivity index (χ0) is 6.41. The average Bonchev–Trinajstić information content (AvgIpc) is 1.83. The monoisotopic (exact) mass is 152 g/mol. The first-order chi connectivity index (χ1) is 3.85. The van der Waals surface area contributed by atoms with Gasteiger partial charge in [-0.3, -0.25) is 0 Å². The fraction of sp³-hybridized carbons (Fsp3) is 0.800. The smallest absolute Gasteiger partial charge is 0.132 e. The van der Waals surface area contributed by atoms with Crippen molar-refractivity contribution in [3.05, 3.63) is 0 Å². The highest BCUT2D eigenvalue weighted by atomic mass is 35.5. The predicted molar refractivity (Wildman–Crippen MR) is 38.7 cm³/mol. The predicted octanol–water partition coefficient (Wildman–Crippen LogP) is 1.55. The molecule has 0 spiro atoms. The van der Waals surface area contributed by atoms with E-state index < -0.39 is 0 Å². The SMILES string of the molecule is CSC(C=O)CCCl. The minimum absolute atomic E-state index is 0.104. The molecule has 0 saturated carbocycles. The van der Waals surface area contributed by atoms with Crippen LogP contribution in [0.5, 0.6) is 0 Å². The lowest BCUT2D eigenvalue weighted by Gasteiger charge is -2.00. The molecule has 0 aromatic carbocycles. The van der Waals surface area contributed by atoms with Gasteiger partial charge in [-0.1, -0.05) is 0 Å². The molecule has 0 radical (unpaired) electrons. The van der Waals surface area contributed by atoms with Crippen molar-refractivity contribution in [1.82, 2.24) is 0 Å². The van der Waals surface area contributed by atoms with E-state index in [1.165, 1.54) is 0 Å². The number of hydrogen-bond acceptors (Lipinski definition) is 2. The van der Waals surface area contributed by atoms with Crippen molar-refractivity contribution < 1.29 is 4.79 Å². The minimum Gasteiger partial charge on any atom is -0.302 e. The molecule has 0 aromatic heterocycles. The van der Waals surface area contributed by atoms with E-state index in [1.807, 2.05) is 6.26 Å². The topological polar surface area (TPSA) is 17.1 Å². The van der Waals surface area contributed by atoms with Gasteiger partial charge in [0, 0.05) is 5.88 Å². The van der Waals surface area contributed by atoms with Crippen molar-refractivity contribution in [2.45, 2.75) is 11.7 Å². The molecular weight excluding hydrogens is 144 g/mol. The van der Waals surface area contributed by atoms with Gasteiger partial charge in [0.15, 0.2) is 0 Å². The second-order valence-electron chi connectivity index (χ2n) is 1.39. The zero-order valence-electron chi connectivity index (χ0n) is 4.76. The number of alkyl halides is 1. The van der Waals surface area contributed by atoms with E-state index in [0.717, 1.165) is 12.7 Å². The van der Waals surface area contributed by atoms with E-state index >= 15 is 0 Å². The summed E-state index contributed by atoms with van der Waals surface area (Å²) in [7, 11) is 0. The first-order valence-corrected chi connectivity index (χ1v) is 4.21. The summed E-state index contributed by atoms with van der Waals surface area (Å²) < 4.78 is 0. The number of rotatable bonds is 4. The first kappa shape index (κ1) is 8.31. The molecule has 1 atom stereocenters. The number of thioether (sulfide) groups is 1. The fourth-order valence-electron chi connectivity index (χ4n) is 0.349. The average molecular weight is 153 g/mol. The molecule has 0 saturated heterocycles. The van der Waals surface area contributed by atoms with E-state index in [9.17, 15) is 4.79 Å². The summed E-state index contributed by atoms with van der Waals surface area (Å²) >= 11 is 6.92. The Labute approximate surface area is 58.8 Å². The van der Waals surface area contributed by atoms with E-state index in [4.69, 9.17) is 11.6 Å². The Morgan fingerprint density at radius 3 is 2.62 bits per heavy atom. The van der Waals surface area contributed by atoms with Crippen LogP contribution in [0.4, 0.5) is 0 Å². The first-order valence-electron chi connectivity index (χ1n) is 2.39. The Hall–Kier alpha value is 0.310. The molecule has 8 heavy (non-hydrogen) atoms. The fourth-order valence-corrected chi connectivity index (χ4v) is 1.18. The van der Waals surface area contributed by atoms with Gasteiger partial charge in [0.1, 0.15) is 6.29 Å². The van der Waals surface area contributed by atoms with Gasteiger partial charge in [-0.2, -0.15) is 11.8 Å². The van der Waals surface area contributed by atoms with Crippen LogP contribution < -0.4 is 0 Å². The third-order valence-corrected chi connectivity index (χ3v) is 2.02. The quantitative estimate of drug-likeness (QED) is 0.449. The summed E-state index contributed by atoms with van der Waals surface area (Å²) in [6, 6.07) is 0. The second kappa shape index (κ2) is 5.45. The molecule has 0 rings (SSSR count). The minimum atomic E-state index is 0.104. The Kier molecular flexibility index (Phi) is 5.66. The summed E-state index contributed by atoms with van der Waals surface area (Å²) in [5, 5.41) is 0.104. The van der Waals surface area contributed by atoms with Gasteiger partial charge in [0.25, 0.3) is 0 Å². The molecule has 3 heteroatoms. The Bertz CT molecular complexity index is 67.4. The molecule has 0 aliphatic carbocycles. The van der Waals surface area contributed by atoms with Crippen LogP contribution in [0, 0.1) is 0 Å². The lowest BCUT2D eigenvalue weighted by molar-refractivity contribution is -0.107. The van der Waals surface area contributed by atoms with E-state index in [1.54, 1.807) is 11.8 Å². The number of carbonyl (C=O) groups excluding carboxylic acids is 1. The van der Waals surface area contributed by atoms with Crippen LogP contribution in [0.3, 0.4) is 0 Å². The van der Waals surface area contributed by atoms with Crippen LogP contribution in [0.25, 0.3) is 0 Å². The highest BCUT2D eigenvalue weighted by Crippen LogP contribution is 2.07. The van der Waals surface area contributed by atoms with Gasteiger partial charge in [-0.25, -0.2) is 0 Å². The summed E-state index contributed by atoms with van der Waals surface area (Å²) in [6.45, 7) is 0. The van der Waals surface area contributed by atoms with Crippen molar-refractivity contribution >= 4 is 29.6 Å². The largest absolute Gasteiger partial charge is 0.302 e. The van der Waals surface area contributed by atoms with Crippen LogP contribution >= 0.6 is 23.4 Å². The maximum atomic E-state index is 10.0. The maximum absolute atomic E-state index is 10.0. The Morgan fingerprint density at radius 2 is 2.50 bits per heavy atom. The van der Waals surface area contributed by atoms with E-state index in [2.05, 4.69) is 0 Å². The lowest BCUT2D eigenvalue weighted by atomic mass is 10.4. The van der Waals surface area contributed by atoms with Crippen LogP contribution in [0.15, 0.2) is 0 Å². The van der Waals surface area contributed by atoms with Gasteiger partial charge in [-0.05, 0) is 12.7 Å². The van der Waals surface area contributed by atoms with Crippen LogP contribution in [0.1, 0.15) is 6.42 Å². The molecule has 0 aliphatic heterocycles. The molecule has 1 nitrogen and oxygen atoms in total. The van der Waals surface area contributed by atoms with Crippen LogP contribution in [-0.2, 0) is 4.79 Å². The lowest BCUT2D eigenvalue weighted by Crippen LogP contribution is -2.02. The molecule has 0 N–H and O–H groups in total. The summed E-state index contributed by atoms with van der Waals surface area (Å²) in [5.41, 5.74) is 0. The van der Waals surface area contributed by atoms with Crippen LogP contribution in [-0.4, -0.2) is 23.7 Å². The number of hydrogen-bond donors (Lipinski definition) is 0. The van der Waals surface area contributed by atoms with Crippen molar-refractivity contribution in [2.75, 3.05) is 12.1 Å². The molecule has 48 valence electrons. The third kappa shape index (κ3) is 3.33. The molecule has 0 aromatic rings. The van der Waals surface area contributed by atoms with Crippen molar-refractivity contribution in [2.24, 2.45) is 0 Å². The molecule has 0 aliphatic rings. The highest BCUT2D eigenvalue weighted by molar-refractivity contribution is 7.99. The van der Waals surface area contributed by atoms with Gasteiger partial charge in [0.05, 0.1) is 5.25 Å². The number of halogens is 1. The molecule has 0 amide bonds. The number of aldehydes is 1. The second-order valence-corrected chi connectivity index (χ2v) is 2.84. The zero-order valence-corrected chi connectivity index (χ0v) is 6.34. The third-order valence-electron chi connectivity index (χ3n) is 0.848. The Morgan fingerprint density at radius 1 is 1.88 bits per heavy atom. The summed E-state index contributed by atoms with van der Waals surface area (Å²) in [5.74, 6) is 0.574. The number of carbonyl (C=O) groups is 1. The molecule has 0 fully saturated rings. The standard InChI is InChI=1S/C5H9ClOS/c1-8-5(4-7)2-3-6/h4-5H,2-3H2,1H3. The van der Waals surface area contributed by atoms with Crippen molar-refractivity contribution in [1.29, 1.82) is 0 Å². The highest BCUT2D eigenvalue weighted by Gasteiger charge is 2.01. The van der Waals surface area contributed by atoms with Crippen molar-refractivity contribution in [3.63, 3.8) is 0 Å². The normalized spacial score (nSPS) is 13.2. The van der Waals surface area contributed by atoms with E-state index in [0.29, 0.717) is 5.88 Å². The molecular formula is C5H9ClOS. The van der Waals surface area contributed by atoms with Gasteiger partial charge < -0.3 is 4.79 Å². The van der Waals surface area contributed by atoms with Gasteiger partial charge >= 0.3 is 0 Å². The summed E-state index contributed by atoms with van der Waals surface area (Å²) in [4.78, 5) is 10.0. The maximum Gasteiger partial charge on any atom is 0.132 e. The van der Waals surface area contributed by atoms with Crippen molar-refractivity contribution in [3.8, 4) is 0 Å². The Balaban J connectivity index is 3.21. The molecule has 1 unspecified atom stereocenters. The molecule has 0 heterocycles.